The standard InChI is InChI=1S/C16H18N2O2S/c1-12(11-21-15-14(17)8-5-9-18-15)16(19)20-10-13-6-3-2-4-7-13/h2-9,12H,10-11,17H2,1H3. The second-order valence-corrected chi connectivity index (χ2v) is 5.71. The van der Waals surface area contributed by atoms with Crippen molar-refractivity contribution in [2.45, 2.75) is 18.6 Å². The monoisotopic (exact) mass is 302 g/mol. The maximum absolute atomic E-state index is 11.9. The third-order valence-corrected chi connectivity index (χ3v) is 4.18. The summed E-state index contributed by atoms with van der Waals surface area (Å²) in [5.74, 6) is 0.176. The fraction of sp³-hybridized carbons (Fsp3) is 0.250. The molecule has 4 nitrogen and oxygen atoms in total. The molecule has 5 heteroatoms. The topological polar surface area (TPSA) is 65.2 Å². The van der Waals surface area contributed by atoms with Gasteiger partial charge in [-0.2, -0.15) is 0 Å². The van der Waals surface area contributed by atoms with E-state index in [9.17, 15) is 4.79 Å². The number of hydrogen-bond acceptors (Lipinski definition) is 5. The molecule has 110 valence electrons. The number of benzene rings is 1. The minimum atomic E-state index is -0.208. The number of esters is 1. The Morgan fingerprint density at radius 3 is 2.76 bits per heavy atom. The molecule has 1 aromatic carbocycles. The lowest BCUT2D eigenvalue weighted by atomic mass is 10.2. The van der Waals surface area contributed by atoms with Crippen molar-refractivity contribution in [3.63, 3.8) is 0 Å². The Bertz CT molecular complexity index is 590. The van der Waals surface area contributed by atoms with Crippen molar-refractivity contribution in [3.8, 4) is 0 Å². The maximum Gasteiger partial charge on any atom is 0.309 e. The molecule has 0 aliphatic carbocycles. The van der Waals surface area contributed by atoms with Crippen molar-refractivity contribution < 1.29 is 9.53 Å². The van der Waals surface area contributed by atoms with E-state index in [2.05, 4.69) is 4.98 Å². The van der Waals surface area contributed by atoms with Crippen molar-refractivity contribution in [3.05, 3.63) is 54.2 Å². The number of nitrogens with zero attached hydrogens (tertiary/aromatic N) is 1. The third-order valence-electron chi connectivity index (χ3n) is 2.90. The highest BCUT2D eigenvalue weighted by atomic mass is 32.2. The van der Waals surface area contributed by atoms with Crippen LogP contribution in [-0.2, 0) is 16.1 Å². The Morgan fingerprint density at radius 1 is 1.29 bits per heavy atom. The van der Waals surface area contributed by atoms with Crippen LogP contribution in [0.2, 0.25) is 0 Å². The average Bonchev–Trinajstić information content (AvgIpc) is 2.52. The molecule has 21 heavy (non-hydrogen) atoms. The summed E-state index contributed by atoms with van der Waals surface area (Å²) in [5, 5.41) is 0.750. The molecule has 1 unspecified atom stereocenters. The number of ether oxygens (including phenoxy) is 1. The van der Waals surface area contributed by atoms with Crippen molar-refractivity contribution >= 4 is 23.4 Å². The summed E-state index contributed by atoms with van der Waals surface area (Å²) in [7, 11) is 0. The van der Waals surface area contributed by atoms with Gasteiger partial charge in [0, 0.05) is 11.9 Å². The number of thioether (sulfide) groups is 1. The minimum absolute atomic E-state index is 0.208. The highest BCUT2D eigenvalue weighted by molar-refractivity contribution is 7.99. The highest BCUT2D eigenvalue weighted by Gasteiger charge is 2.16. The van der Waals surface area contributed by atoms with Crippen molar-refractivity contribution in [1.82, 2.24) is 4.98 Å². The molecule has 0 saturated carbocycles. The van der Waals surface area contributed by atoms with Gasteiger partial charge in [0.2, 0.25) is 0 Å². The van der Waals surface area contributed by atoms with Crippen LogP contribution in [0.5, 0.6) is 0 Å². The molecule has 2 rings (SSSR count). The van der Waals surface area contributed by atoms with Crippen LogP contribution in [0.1, 0.15) is 12.5 Å². The molecule has 0 radical (unpaired) electrons. The van der Waals surface area contributed by atoms with E-state index in [-0.39, 0.29) is 11.9 Å². The summed E-state index contributed by atoms with van der Waals surface area (Å²) in [6.07, 6.45) is 1.69. The number of aromatic nitrogens is 1. The number of carbonyl (C=O) groups is 1. The fourth-order valence-electron chi connectivity index (χ4n) is 1.67. The Hall–Kier alpha value is -2.01. The molecule has 0 fully saturated rings. The summed E-state index contributed by atoms with van der Waals surface area (Å²) in [4.78, 5) is 16.1. The predicted molar refractivity (Wildman–Crippen MR) is 84.8 cm³/mol. The fourth-order valence-corrected chi connectivity index (χ4v) is 2.58. The Morgan fingerprint density at radius 2 is 2.05 bits per heavy atom. The molecule has 1 heterocycles. The first-order valence-electron chi connectivity index (χ1n) is 6.70. The van der Waals surface area contributed by atoms with E-state index < -0.39 is 0 Å². The van der Waals surface area contributed by atoms with Crippen molar-refractivity contribution in [2.24, 2.45) is 5.92 Å². The number of anilines is 1. The molecule has 1 atom stereocenters. The van der Waals surface area contributed by atoms with E-state index in [4.69, 9.17) is 10.5 Å². The number of carbonyl (C=O) groups excluding carboxylic acids is 1. The van der Waals surface area contributed by atoms with E-state index in [0.29, 0.717) is 18.0 Å². The first kappa shape index (κ1) is 15.4. The summed E-state index contributed by atoms with van der Waals surface area (Å²) >= 11 is 1.47. The summed E-state index contributed by atoms with van der Waals surface area (Å²) in [6.45, 7) is 2.15. The summed E-state index contributed by atoms with van der Waals surface area (Å²) in [5.41, 5.74) is 7.44. The van der Waals surface area contributed by atoms with Gasteiger partial charge in [0.25, 0.3) is 0 Å². The number of pyridine rings is 1. The first-order valence-corrected chi connectivity index (χ1v) is 7.69. The van der Waals surface area contributed by atoms with Crippen LogP contribution in [-0.4, -0.2) is 16.7 Å². The smallest absolute Gasteiger partial charge is 0.309 e. The molecular weight excluding hydrogens is 284 g/mol. The van der Waals surface area contributed by atoms with Crippen LogP contribution < -0.4 is 5.73 Å². The third kappa shape index (κ3) is 4.79. The molecule has 0 bridgehead atoms. The maximum atomic E-state index is 11.9. The van der Waals surface area contributed by atoms with Gasteiger partial charge in [-0.3, -0.25) is 4.79 Å². The number of nitrogens with two attached hydrogens (primary N) is 1. The highest BCUT2D eigenvalue weighted by Crippen LogP contribution is 2.24. The molecule has 0 spiro atoms. The number of rotatable bonds is 6. The van der Waals surface area contributed by atoms with E-state index in [1.54, 1.807) is 18.3 Å². The van der Waals surface area contributed by atoms with Gasteiger partial charge >= 0.3 is 5.97 Å². The zero-order valence-electron chi connectivity index (χ0n) is 11.9. The normalized spacial score (nSPS) is 11.9. The van der Waals surface area contributed by atoms with Crippen LogP contribution in [0.15, 0.2) is 53.7 Å². The molecule has 0 amide bonds. The molecular formula is C16H18N2O2S. The van der Waals surface area contributed by atoms with Crippen LogP contribution in [0.3, 0.4) is 0 Å². The zero-order valence-corrected chi connectivity index (χ0v) is 12.7. The SMILES string of the molecule is CC(CSc1ncccc1N)C(=O)OCc1ccccc1. The van der Waals surface area contributed by atoms with Gasteiger partial charge in [0.15, 0.2) is 0 Å². The molecule has 0 saturated heterocycles. The molecule has 2 aromatic rings. The van der Waals surface area contributed by atoms with E-state index in [1.807, 2.05) is 37.3 Å². The van der Waals surface area contributed by atoms with E-state index in [1.165, 1.54) is 11.8 Å². The van der Waals surface area contributed by atoms with Crippen molar-refractivity contribution in [2.75, 3.05) is 11.5 Å². The Labute approximate surface area is 128 Å². The van der Waals surface area contributed by atoms with E-state index in [0.717, 1.165) is 10.6 Å². The van der Waals surface area contributed by atoms with Crippen LogP contribution in [0.25, 0.3) is 0 Å². The lowest BCUT2D eigenvalue weighted by Gasteiger charge is -2.11. The minimum Gasteiger partial charge on any atom is -0.461 e. The summed E-state index contributed by atoms with van der Waals surface area (Å²) in [6, 6.07) is 13.2. The van der Waals surface area contributed by atoms with Gasteiger partial charge in [0.1, 0.15) is 11.6 Å². The molecule has 2 N–H and O–H groups in total. The summed E-state index contributed by atoms with van der Waals surface area (Å²) < 4.78 is 5.30. The lowest BCUT2D eigenvalue weighted by molar-refractivity contribution is -0.148. The van der Waals surface area contributed by atoms with Gasteiger partial charge < -0.3 is 10.5 Å². The number of nitrogen functional groups attached to an aromatic ring is 1. The second kappa shape index (κ2) is 7.69. The lowest BCUT2D eigenvalue weighted by Crippen LogP contribution is -2.17. The predicted octanol–water partition coefficient (Wildman–Crippen LogP) is 3.14. The van der Waals surface area contributed by atoms with Crippen molar-refractivity contribution in [1.29, 1.82) is 0 Å². The van der Waals surface area contributed by atoms with Crippen LogP contribution in [0.4, 0.5) is 5.69 Å². The second-order valence-electron chi connectivity index (χ2n) is 4.70. The van der Waals surface area contributed by atoms with Crippen LogP contribution >= 0.6 is 11.8 Å². The van der Waals surface area contributed by atoms with Gasteiger partial charge in [-0.15, -0.1) is 11.8 Å². The Kier molecular flexibility index (Phi) is 5.63. The van der Waals surface area contributed by atoms with Gasteiger partial charge in [0.05, 0.1) is 11.6 Å². The largest absolute Gasteiger partial charge is 0.461 e. The van der Waals surface area contributed by atoms with Gasteiger partial charge in [-0.05, 0) is 17.7 Å². The molecule has 0 aliphatic rings. The quantitative estimate of drug-likeness (QED) is 0.656. The van der Waals surface area contributed by atoms with Gasteiger partial charge in [-0.25, -0.2) is 4.98 Å². The number of hydrogen-bond donors (Lipinski definition) is 1. The molecule has 1 aromatic heterocycles. The molecule has 0 aliphatic heterocycles. The van der Waals surface area contributed by atoms with Crippen LogP contribution in [0, 0.1) is 5.92 Å². The average molecular weight is 302 g/mol. The zero-order chi connectivity index (χ0) is 15.1. The van der Waals surface area contributed by atoms with Gasteiger partial charge in [-0.1, -0.05) is 37.3 Å². The first-order chi connectivity index (χ1) is 10.2. The Balaban J connectivity index is 1.79. The van der Waals surface area contributed by atoms with E-state index >= 15 is 0 Å².